The predicted molar refractivity (Wildman–Crippen MR) is 96.6 cm³/mol. The standard InChI is InChI=1S/C19H30N2O3/c1-6-13(4)24-16-8-7-14-9-15(11-22)20-19(23)18(12(2)3)21(5)17(14)10-16/h7-8,10,12-13,15,18,22H,6,9,11H2,1-5H3,(H,20,23)/t13?,15-,18-/m1/s1. The molecule has 1 aromatic rings. The minimum Gasteiger partial charge on any atom is -0.491 e. The van der Waals surface area contributed by atoms with E-state index in [1.807, 2.05) is 50.9 Å². The lowest BCUT2D eigenvalue weighted by molar-refractivity contribution is -0.124. The number of carbonyl (C=O) groups excluding carboxylic acids is 1. The van der Waals surface area contributed by atoms with Crippen molar-refractivity contribution in [3.8, 4) is 5.75 Å². The van der Waals surface area contributed by atoms with Gasteiger partial charge in [0.2, 0.25) is 5.91 Å². The molecule has 5 nitrogen and oxygen atoms in total. The average Bonchev–Trinajstić information content (AvgIpc) is 2.53. The molecule has 2 rings (SSSR count). The van der Waals surface area contributed by atoms with Crippen LogP contribution in [0.5, 0.6) is 5.75 Å². The monoisotopic (exact) mass is 334 g/mol. The Hall–Kier alpha value is -1.75. The Morgan fingerprint density at radius 2 is 2.08 bits per heavy atom. The van der Waals surface area contributed by atoms with Crippen molar-refractivity contribution in [3.63, 3.8) is 0 Å². The summed E-state index contributed by atoms with van der Waals surface area (Å²) in [6, 6.07) is 5.50. The van der Waals surface area contributed by atoms with Crippen LogP contribution < -0.4 is 15.0 Å². The van der Waals surface area contributed by atoms with E-state index in [0.717, 1.165) is 23.4 Å². The number of likely N-dealkylation sites (N-methyl/N-ethyl adjacent to an activating group) is 1. The third kappa shape index (κ3) is 4.01. The first-order chi connectivity index (χ1) is 11.4. The van der Waals surface area contributed by atoms with Crippen LogP contribution in [-0.2, 0) is 11.2 Å². The zero-order chi connectivity index (χ0) is 17.9. The van der Waals surface area contributed by atoms with Crippen LogP contribution in [0.25, 0.3) is 0 Å². The van der Waals surface area contributed by atoms with Gasteiger partial charge in [-0.2, -0.15) is 0 Å². The molecule has 0 radical (unpaired) electrons. The fraction of sp³-hybridized carbons (Fsp3) is 0.632. The van der Waals surface area contributed by atoms with Crippen molar-refractivity contribution in [2.75, 3.05) is 18.6 Å². The molecule has 1 amide bonds. The number of ether oxygens (including phenoxy) is 1. The first kappa shape index (κ1) is 18.6. The number of hydrogen-bond donors (Lipinski definition) is 2. The number of aliphatic hydroxyl groups is 1. The molecule has 24 heavy (non-hydrogen) atoms. The molecule has 0 fully saturated rings. The van der Waals surface area contributed by atoms with Gasteiger partial charge in [-0.3, -0.25) is 4.79 Å². The molecule has 3 atom stereocenters. The Kier molecular flexibility index (Phi) is 6.10. The minimum absolute atomic E-state index is 0.0366. The first-order valence-electron chi connectivity index (χ1n) is 8.81. The summed E-state index contributed by atoms with van der Waals surface area (Å²) in [6.07, 6.45) is 1.70. The number of nitrogens with zero attached hydrogens (tertiary/aromatic N) is 1. The van der Waals surface area contributed by atoms with E-state index in [-0.39, 0.29) is 36.6 Å². The van der Waals surface area contributed by atoms with Gasteiger partial charge in [-0.05, 0) is 37.3 Å². The number of aliphatic hydroxyl groups excluding tert-OH is 1. The molecule has 0 saturated carbocycles. The number of fused-ring (bicyclic) bond motifs is 1. The molecule has 0 aliphatic carbocycles. The third-order valence-electron chi connectivity index (χ3n) is 4.70. The highest BCUT2D eigenvalue weighted by Crippen LogP contribution is 2.31. The first-order valence-corrected chi connectivity index (χ1v) is 8.81. The van der Waals surface area contributed by atoms with E-state index < -0.39 is 0 Å². The molecule has 0 spiro atoms. The molecular weight excluding hydrogens is 304 g/mol. The predicted octanol–water partition coefficient (Wildman–Crippen LogP) is 2.36. The van der Waals surface area contributed by atoms with E-state index in [9.17, 15) is 9.90 Å². The summed E-state index contributed by atoms with van der Waals surface area (Å²) in [5, 5.41) is 12.6. The van der Waals surface area contributed by atoms with Crippen molar-refractivity contribution in [3.05, 3.63) is 23.8 Å². The molecule has 1 aliphatic heterocycles. The van der Waals surface area contributed by atoms with Gasteiger partial charge in [-0.15, -0.1) is 0 Å². The number of carbonyl (C=O) groups is 1. The van der Waals surface area contributed by atoms with Crippen molar-refractivity contribution >= 4 is 11.6 Å². The number of hydrogen-bond acceptors (Lipinski definition) is 4. The van der Waals surface area contributed by atoms with Crippen LogP contribution in [-0.4, -0.2) is 42.9 Å². The fourth-order valence-corrected chi connectivity index (χ4v) is 3.22. The minimum atomic E-state index is -0.281. The lowest BCUT2D eigenvalue weighted by Crippen LogP contribution is -2.54. The highest BCUT2D eigenvalue weighted by molar-refractivity contribution is 5.86. The van der Waals surface area contributed by atoms with Gasteiger partial charge in [0.25, 0.3) is 0 Å². The van der Waals surface area contributed by atoms with Crippen LogP contribution in [0.1, 0.15) is 39.7 Å². The summed E-state index contributed by atoms with van der Waals surface area (Å²) < 4.78 is 5.95. The molecule has 5 heteroatoms. The smallest absolute Gasteiger partial charge is 0.243 e. The number of anilines is 1. The second-order valence-electron chi connectivity index (χ2n) is 7.02. The van der Waals surface area contributed by atoms with Crippen molar-refractivity contribution in [1.29, 1.82) is 0 Å². The molecule has 2 N–H and O–H groups in total. The SMILES string of the molecule is CCC(C)Oc1ccc2c(c1)N(C)[C@H](C(C)C)C(=O)N[C@@H](CO)C2. The number of amides is 1. The zero-order valence-electron chi connectivity index (χ0n) is 15.4. The summed E-state index contributed by atoms with van der Waals surface area (Å²) in [7, 11) is 1.95. The van der Waals surface area contributed by atoms with Crippen LogP contribution in [0, 0.1) is 5.92 Å². The Labute approximate surface area is 145 Å². The fourth-order valence-electron chi connectivity index (χ4n) is 3.22. The molecule has 1 aliphatic rings. The van der Waals surface area contributed by atoms with Crippen molar-refractivity contribution < 1.29 is 14.6 Å². The van der Waals surface area contributed by atoms with E-state index in [4.69, 9.17) is 4.74 Å². The summed E-state index contributed by atoms with van der Waals surface area (Å²) in [4.78, 5) is 14.6. The summed E-state index contributed by atoms with van der Waals surface area (Å²) >= 11 is 0. The molecular formula is C19H30N2O3. The average molecular weight is 334 g/mol. The maximum absolute atomic E-state index is 12.6. The van der Waals surface area contributed by atoms with Crippen LogP contribution in [0.3, 0.4) is 0 Å². The highest BCUT2D eigenvalue weighted by Gasteiger charge is 2.32. The van der Waals surface area contributed by atoms with Gasteiger partial charge in [-0.25, -0.2) is 0 Å². The number of rotatable bonds is 5. The molecule has 0 aromatic heterocycles. The number of nitrogens with one attached hydrogen (secondary N) is 1. The molecule has 0 saturated heterocycles. The second-order valence-corrected chi connectivity index (χ2v) is 7.02. The van der Waals surface area contributed by atoms with E-state index >= 15 is 0 Å². The highest BCUT2D eigenvalue weighted by atomic mass is 16.5. The van der Waals surface area contributed by atoms with Crippen molar-refractivity contribution in [2.45, 2.75) is 58.7 Å². The van der Waals surface area contributed by atoms with Gasteiger partial charge in [-0.1, -0.05) is 26.8 Å². The largest absolute Gasteiger partial charge is 0.491 e. The lowest BCUT2D eigenvalue weighted by Gasteiger charge is -2.37. The van der Waals surface area contributed by atoms with E-state index in [1.165, 1.54) is 0 Å². The summed E-state index contributed by atoms with van der Waals surface area (Å²) in [5.74, 6) is 0.934. The van der Waals surface area contributed by atoms with Crippen LogP contribution in [0.2, 0.25) is 0 Å². The second kappa shape index (κ2) is 7.88. The Bertz CT molecular complexity index is 574. The summed E-state index contributed by atoms with van der Waals surface area (Å²) in [5.41, 5.74) is 2.11. The van der Waals surface area contributed by atoms with Gasteiger partial charge in [0.1, 0.15) is 11.8 Å². The lowest BCUT2D eigenvalue weighted by atomic mass is 9.95. The van der Waals surface area contributed by atoms with Gasteiger partial charge >= 0.3 is 0 Å². The van der Waals surface area contributed by atoms with Crippen LogP contribution >= 0.6 is 0 Å². The van der Waals surface area contributed by atoms with Gasteiger partial charge in [0, 0.05) is 18.8 Å². The van der Waals surface area contributed by atoms with Gasteiger partial charge in [0.05, 0.1) is 18.8 Å². The molecule has 134 valence electrons. The Balaban J connectivity index is 2.44. The van der Waals surface area contributed by atoms with E-state index in [2.05, 4.69) is 12.2 Å². The maximum atomic E-state index is 12.6. The van der Waals surface area contributed by atoms with Crippen molar-refractivity contribution in [2.24, 2.45) is 5.92 Å². The van der Waals surface area contributed by atoms with E-state index in [1.54, 1.807) is 0 Å². The van der Waals surface area contributed by atoms with Crippen molar-refractivity contribution in [1.82, 2.24) is 5.32 Å². The Morgan fingerprint density at radius 1 is 1.38 bits per heavy atom. The molecule has 1 heterocycles. The Morgan fingerprint density at radius 3 is 2.67 bits per heavy atom. The molecule has 1 unspecified atom stereocenters. The zero-order valence-corrected chi connectivity index (χ0v) is 15.4. The molecule has 1 aromatic carbocycles. The van der Waals surface area contributed by atoms with Crippen LogP contribution in [0.15, 0.2) is 18.2 Å². The van der Waals surface area contributed by atoms with Gasteiger partial charge < -0.3 is 20.1 Å². The maximum Gasteiger partial charge on any atom is 0.243 e. The normalized spacial score (nSPS) is 22.5. The number of benzene rings is 1. The van der Waals surface area contributed by atoms with E-state index in [0.29, 0.717) is 6.42 Å². The topological polar surface area (TPSA) is 61.8 Å². The third-order valence-corrected chi connectivity index (χ3v) is 4.70. The summed E-state index contributed by atoms with van der Waals surface area (Å²) in [6.45, 7) is 8.15. The quantitative estimate of drug-likeness (QED) is 0.868. The van der Waals surface area contributed by atoms with Gasteiger partial charge in [0.15, 0.2) is 0 Å². The van der Waals surface area contributed by atoms with Crippen LogP contribution in [0.4, 0.5) is 5.69 Å². The molecule has 0 bridgehead atoms.